The van der Waals surface area contributed by atoms with Gasteiger partial charge in [0.2, 0.25) is 20.0 Å². The van der Waals surface area contributed by atoms with E-state index in [2.05, 4.69) is 0 Å². The highest BCUT2D eigenvalue weighted by atomic mass is 32.2. The fourth-order valence-corrected chi connectivity index (χ4v) is 11.9. The molecule has 1 saturated heterocycles. The summed E-state index contributed by atoms with van der Waals surface area (Å²) in [7, 11) is -12.5. The first kappa shape index (κ1) is 33.0. The van der Waals surface area contributed by atoms with Crippen molar-refractivity contribution in [2.75, 3.05) is 11.5 Å². The lowest BCUT2D eigenvalue weighted by Crippen LogP contribution is -2.54. The average Bonchev–Trinajstić information content (AvgIpc) is 3.32. The molecule has 0 N–H and O–H groups in total. The minimum Gasteiger partial charge on any atom is -0.229 e. The molecule has 5 rings (SSSR count). The van der Waals surface area contributed by atoms with E-state index in [1.807, 2.05) is 24.3 Å². The monoisotopic (exact) mass is 666 g/mol. The van der Waals surface area contributed by atoms with Crippen LogP contribution < -0.4 is 0 Å². The van der Waals surface area contributed by atoms with Crippen molar-refractivity contribution in [1.82, 2.24) is 8.61 Å². The van der Waals surface area contributed by atoms with Gasteiger partial charge in [-0.25, -0.2) is 25.3 Å². The van der Waals surface area contributed by atoms with E-state index in [9.17, 15) is 25.3 Å². The van der Waals surface area contributed by atoms with Gasteiger partial charge in [0.15, 0.2) is 9.84 Å². The second-order valence-electron chi connectivity index (χ2n) is 11.8. The Balaban J connectivity index is 1.72. The summed E-state index contributed by atoms with van der Waals surface area (Å²) >= 11 is 0. The zero-order chi connectivity index (χ0) is 32.6. The van der Waals surface area contributed by atoms with Crippen LogP contribution in [0.25, 0.3) is 0 Å². The summed E-state index contributed by atoms with van der Waals surface area (Å²) in [6, 6.07) is 25.7. The number of benzene rings is 4. The Kier molecular flexibility index (Phi) is 9.40. The van der Waals surface area contributed by atoms with Gasteiger partial charge in [-0.3, -0.25) is 0 Å². The molecular weight excluding hydrogens is 629 g/mol. The number of sulfonamides is 2. The summed E-state index contributed by atoms with van der Waals surface area (Å²) in [5.74, 6) is -1.02. The van der Waals surface area contributed by atoms with E-state index in [0.717, 1.165) is 11.1 Å². The summed E-state index contributed by atoms with van der Waals surface area (Å²) in [6.07, 6.45) is 0. The minimum absolute atomic E-state index is 0.0634. The van der Waals surface area contributed by atoms with E-state index in [4.69, 9.17) is 0 Å². The molecule has 1 aliphatic rings. The number of hydrogen-bond acceptors (Lipinski definition) is 6. The van der Waals surface area contributed by atoms with Gasteiger partial charge in [-0.05, 0) is 73.2 Å². The Morgan fingerprint density at radius 2 is 0.933 bits per heavy atom. The van der Waals surface area contributed by atoms with Gasteiger partial charge in [-0.15, -0.1) is 0 Å². The third-order valence-electron chi connectivity index (χ3n) is 8.26. The molecule has 1 heterocycles. The highest BCUT2D eigenvalue weighted by Gasteiger charge is 2.51. The van der Waals surface area contributed by atoms with E-state index in [1.165, 1.54) is 8.61 Å². The summed E-state index contributed by atoms with van der Waals surface area (Å²) in [5.41, 5.74) is 3.80. The summed E-state index contributed by atoms with van der Waals surface area (Å²) in [4.78, 5) is 0.127. The fourth-order valence-electron chi connectivity index (χ4n) is 5.87. The third-order valence-corrected chi connectivity index (χ3v) is 14.0. The van der Waals surface area contributed by atoms with Crippen LogP contribution in [-0.2, 0) is 43.0 Å². The molecule has 0 unspecified atom stereocenters. The Hall–Kier alpha value is -3.35. The lowest BCUT2D eigenvalue weighted by Gasteiger charge is -2.37. The van der Waals surface area contributed by atoms with Gasteiger partial charge in [0.1, 0.15) is 0 Å². The van der Waals surface area contributed by atoms with Crippen molar-refractivity contribution in [3.8, 4) is 0 Å². The molecule has 2 atom stereocenters. The fraction of sp³-hybridized carbons (Fsp3) is 0.294. The zero-order valence-corrected chi connectivity index (χ0v) is 28.2. The molecule has 0 aliphatic carbocycles. The van der Waals surface area contributed by atoms with Crippen molar-refractivity contribution in [1.29, 1.82) is 0 Å². The first-order valence-corrected chi connectivity index (χ1v) is 19.4. The van der Waals surface area contributed by atoms with Gasteiger partial charge >= 0.3 is 0 Å². The standard InChI is InChI=1S/C34H38N2O6S3/c1-25-15-17-27(3)33(19-25)44(39,40)35(21-29-11-7-5-8-12-29)31-23-43(37,38)24-32(31)36(22-30-13-9-6-10-14-30)45(41,42)34-20-26(2)16-18-28(34)4/h5-20,31-32H,21-24H2,1-4H3/t31-,32+. The summed E-state index contributed by atoms with van der Waals surface area (Å²) < 4.78 is 87.9. The predicted octanol–water partition coefficient (Wildman–Crippen LogP) is 5.17. The Bertz CT molecular complexity index is 1870. The Morgan fingerprint density at radius 1 is 0.578 bits per heavy atom. The van der Waals surface area contributed by atoms with Gasteiger partial charge in [-0.2, -0.15) is 8.61 Å². The number of sulfone groups is 1. The first-order valence-electron chi connectivity index (χ1n) is 14.7. The molecule has 8 nitrogen and oxygen atoms in total. The van der Waals surface area contributed by atoms with Crippen molar-refractivity contribution in [2.24, 2.45) is 0 Å². The molecule has 0 aromatic heterocycles. The van der Waals surface area contributed by atoms with E-state index in [-0.39, 0.29) is 22.9 Å². The minimum atomic E-state index is -4.30. The van der Waals surface area contributed by atoms with Crippen LogP contribution >= 0.6 is 0 Å². The van der Waals surface area contributed by atoms with E-state index in [1.54, 1.807) is 100 Å². The number of aryl methyl sites for hydroxylation is 4. The Labute approximate surface area is 267 Å². The van der Waals surface area contributed by atoms with Crippen LogP contribution in [0.5, 0.6) is 0 Å². The maximum absolute atomic E-state index is 14.6. The normalized spacial score (nSPS) is 18.4. The molecule has 11 heteroatoms. The zero-order valence-electron chi connectivity index (χ0n) is 25.8. The van der Waals surface area contributed by atoms with Crippen molar-refractivity contribution in [2.45, 2.75) is 62.7 Å². The van der Waals surface area contributed by atoms with Crippen LogP contribution in [0.1, 0.15) is 33.4 Å². The van der Waals surface area contributed by atoms with Crippen molar-refractivity contribution >= 4 is 29.9 Å². The van der Waals surface area contributed by atoms with Gasteiger partial charge in [-0.1, -0.05) is 84.9 Å². The molecule has 45 heavy (non-hydrogen) atoms. The van der Waals surface area contributed by atoms with Crippen LogP contribution in [0, 0.1) is 27.7 Å². The van der Waals surface area contributed by atoms with Crippen molar-refractivity contribution < 1.29 is 25.3 Å². The molecule has 1 fully saturated rings. The molecule has 0 radical (unpaired) electrons. The van der Waals surface area contributed by atoms with Gasteiger partial charge in [0.25, 0.3) is 0 Å². The lowest BCUT2D eigenvalue weighted by molar-refractivity contribution is 0.219. The quantitative estimate of drug-likeness (QED) is 0.231. The van der Waals surface area contributed by atoms with Gasteiger partial charge in [0.05, 0.1) is 33.4 Å². The topological polar surface area (TPSA) is 109 Å². The number of nitrogens with zero attached hydrogens (tertiary/aromatic N) is 2. The lowest BCUT2D eigenvalue weighted by atomic mass is 10.1. The molecule has 0 bridgehead atoms. The van der Waals surface area contributed by atoms with Crippen LogP contribution in [0.15, 0.2) is 107 Å². The smallest absolute Gasteiger partial charge is 0.229 e. The predicted molar refractivity (Wildman–Crippen MR) is 176 cm³/mol. The Morgan fingerprint density at radius 3 is 1.29 bits per heavy atom. The van der Waals surface area contributed by atoms with E-state index < -0.39 is 53.5 Å². The SMILES string of the molecule is Cc1ccc(C)c(S(=O)(=O)N(Cc2ccccc2)[C@@H]2CS(=O)(=O)C[C@@H]2N(Cc2ccccc2)S(=O)(=O)c2cc(C)ccc2C)c1. The van der Waals surface area contributed by atoms with Gasteiger partial charge in [0, 0.05) is 13.1 Å². The van der Waals surface area contributed by atoms with Crippen molar-refractivity contribution in [3.05, 3.63) is 130 Å². The summed E-state index contributed by atoms with van der Waals surface area (Å²) in [5, 5.41) is 0. The second-order valence-corrected chi connectivity index (χ2v) is 17.7. The molecule has 0 amide bonds. The number of rotatable bonds is 10. The van der Waals surface area contributed by atoms with Crippen LogP contribution in [0.3, 0.4) is 0 Å². The molecule has 238 valence electrons. The number of hydrogen-bond donors (Lipinski definition) is 0. The third kappa shape index (κ3) is 7.07. The highest BCUT2D eigenvalue weighted by molar-refractivity contribution is 7.92. The van der Waals surface area contributed by atoms with E-state index in [0.29, 0.717) is 22.3 Å². The maximum atomic E-state index is 14.6. The van der Waals surface area contributed by atoms with Crippen LogP contribution in [0.4, 0.5) is 0 Å². The maximum Gasteiger partial charge on any atom is 0.243 e. The van der Waals surface area contributed by atoms with Crippen molar-refractivity contribution in [3.63, 3.8) is 0 Å². The van der Waals surface area contributed by atoms with E-state index >= 15 is 0 Å². The average molecular weight is 667 g/mol. The molecule has 1 aliphatic heterocycles. The second kappa shape index (κ2) is 12.8. The molecule has 4 aromatic rings. The molecule has 0 spiro atoms. The molecule has 4 aromatic carbocycles. The molecular formula is C34H38N2O6S3. The molecule has 0 saturated carbocycles. The summed E-state index contributed by atoms with van der Waals surface area (Å²) in [6.45, 7) is 6.72. The first-order chi connectivity index (χ1) is 21.2. The van der Waals surface area contributed by atoms with Gasteiger partial charge < -0.3 is 0 Å². The highest BCUT2D eigenvalue weighted by Crippen LogP contribution is 2.35. The van der Waals surface area contributed by atoms with Crippen LogP contribution in [-0.4, -0.2) is 57.5 Å². The van der Waals surface area contributed by atoms with Crippen LogP contribution in [0.2, 0.25) is 0 Å². The largest absolute Gasteiger partial charge is 0.243 e.